The van der Waals surface area contributed by atoms with Gasteiger partial charge in [-0.15, -0.1) is 11.3 Å². The maximum Gasteiger partial charge on any atom is 0.188 e. The van der Waals surface area contributed by atoms with Crippen molar-refractivity contribution in [2.75, 3.05) is 19.7 Å². The minimum absolute atomic E-state index is 0.287. The van der Waals surface area contributed by atoms with Gasteiger partial charge in [0.05, 0.1) is 17.7 Å². The summed E-state index contributed by atoms with van der Waals surface area (Å²) in [5, 5.41) is 6.19. The van der Waals surface area contributed by atoms with E-state index in [9.17, 15) is 0 Å². The Hall–Kier alpha value is -1.14. The van der Waals surface area contributed by atoms with E-state index in [4.69, 9.17) is 10.5 Å². The highest BCUT2D eigenvalue weighted by atomic mass is 32.1. The Bertz CT molecular complexity index is 373. The molecule has 0 spiro atoms. The summed E-state index contributed by atoms with van der Waals surface area (Å²) in [5.41, 5.74) is 5.82. The number of guanidine groups is 1. The van der Waals surface area contributed by atoms with Gasteiger partial charge in [-0.1, -0.05) is 6.92 Å². The first-order valence-corrected chi connectivity index (χ1v) is 7.18. The number of hydrogen-bond acceptors (Lipinski definition) is 4. The number of ether oxygens (including phenoxy) is 1. The third kappa shape index (κ3) is 3.96. The van der Waals surface area contributed by atoms with Gasteiger partial charge in [0.15, 0.2) is 5.96 Å². The second kappa shape index (κ2) is 6.70. The molecule has 5 nitrogen and oxygen atoms in total. The van der Waals surface area contributed by atoms with Gasteiger partial charge in [-0.2, -0.15) is 0 Å². The van der Waals surface area contributed by atoms with Gasteiger partial charge in [-0.3, -0.25) is 4.99 Å². The number of aromatic nitrogens is 1. The normalized spacial score (nSPS) is 22.1. The van der Waals surface area contributed by atoms with Gasteiger partial charge >= 0.3 is 0 Å². The third-order valence-corrected chi connectivity index (χ3v) is 3.95. The number of rotatable bonds is 5. The highest BCUT2D eigenvalue weighted by Gasteiger charge is 2.15. The number of thiazole rings is 1. The molecular weight excluding hydrogens is 248 g/mol. The van der Waals surface area contributed by atoms with E-state index in [1.807, 2.05) is 11.6 Å². The van der Waals surface area contributed by atoms with Crippen molar-refractivity contribution < 1.29 is 4.74 Å². The fraction of sp³-hybridized carbons (Fsp3) is 0.667. The monoisotopic (exact) mass is 268 g/mol. The Morgan fingerprint density at radius 3 is 3.33 bits per heavy atom. The Balaban J connectivity index is 1.71. The molecule has 2 heterocycles. The smallest absolute Gasteiger partial charge is 0.188 e. The van der Waals surface area contributed by atoms with Crippen LogP contribution in [0.3, 0.4) is 0 Å². The fourth-order valence-corrected chi connectivity index (χ4v) is 2.56. The molecule has 2 atom stereocenters. The quantitative estimate of drug-likeness (QED) is 0.624. The minimum Gasteiger partial charge on any atom is -0.376 e. The summed E-state index contributed by atoms with van der Waals surface area (Å²) in [4.78, 5) is 8.61. The summed E-state index contributed by atoms with van der Waals surface area (Å²) in [7, 11) is 0. The average molecular weight is 268 g/mol. The lowest BCUT2D eigenvalue weighted by atomic mass is 10.2. The van der Waals surface area contributed by atoms with Crippen molar-refractivity contribution in [2.24, 2.45) is 10.7 Å². The lowest BCUT2D eigenvalue weighted by Crippen LogP contribution is -2.37. The second-order valence-corrected chi connectivity index (χ2v) is 5.44. The summed E-state index contributed by atoms with van der Waals surface area (Å²) >= 11 is 1.65. The maximum atomic E-state index is 5.82. The molecule has 1 fully saturated rings. The molecule has 1 aromatic heterocycles. The molecule has 3 N–H and O–H groups in total. The topological polar surface area (TPSA) is 72.5 Å². The molecule has 6 heteroatoms. The van der Waals surface area contributed by atoms with Crippen LogP contribution in [-0.4, -0.2) is 36.7 Å². The maximum absolute atomic E-state index is 5.82. The van der Waals surface area contributed by atoms with E-state index < -0.39 is 0 Å². The summed E-state index contributed by atoms with van der Waals surface area (Å²) in [6.07, 6.45) is 4.36. The Labute approximate surface area is 111 Å². The molecule has 2 unspecified atom stereocenters. The van der Waals surface area contributed by atoms with Gasteiger partial charge in [0, 0.05) is 30.6 Å². The number of nitrogens with one attached hydrogen (secondary N) is 1. The van der Waals surface area contributed by atoms with Crippen molar-refractivity contribution in [2.45, 2.75) is 31.8 Å². The Kier molecular flexibility index (Phi) is 4.95. The first kappa shape index (κ1) is 13.3. The molecule has 0 amide bonds. The van der Waals surface area contributed by atoms with E-state index in [-0.39, 0.29) is 6.10 Å². The van der Waals surface area contributed by atoms with E-state index >= 15 is 0 Å². The van der Waals surface area contributed by atoms with Gasteiger partial charge in [0.25, 0.3) is 0 Å². The molecule has 0 bridgehead atoms. The van der Waals surface area contributed by atoms with Crippen LogP contribution in [0.2, 0.25) is 0 Å². The summed E-state index contributed by atoms with van der Waals surface area (Å²) in [6, 6.07) is 0. The molecule has 0 aliphatic carbocycles. The lowest BCUT2D eigenvalue weighted by Gasteiger charge is -2.11. The van der Waals surface area contributed by atoms with Crippen LogP contribution in [0.4, 0.5) is 0 Å². The Morgan fingerprint density at radius 1 is 1.78 bits per heavy atom. The summed E-state index contributed by atoms with van der Waals surface area (Å²) in [6.45, 7) is 4.39. The van der Waals surface area contributed by atoms with E-state index in [2.05, 4.69) is 22.2 Å². The standard InChI is InChI=1S/C12H20N4OS/c1-9(11-14-4-6-18-11)7-15-12(13)16-8-10-3-2-5-17-10/h4,6,9-10H,2-3,5,7-8H2,1H3,(H3,13,15,16). The minimum atomic E-state index is 0.287. The second-order valence-electron chi connectivity index (χ2n) is 4.51. The van der Waals surface area contributed by atoms with E-state index in [0.29, 0.717) is 18.4 Å². The van der Waals surface area contributed by atoms with Crippen LogP contribution in [0.25, 0.3) is 0 Å². The zero-order valence-corrected chi connectivity index (χ0v) is 11.4. The van der Waals surface area contributed by atoms with Crippen molar-refractivity contribution in [1.29, 1.82) is 0 Å². The number of aliphatic imine (C=N–C) groups is 1. The molecule has 18 heavy (non-hydrogen) atoms. The average Bonchev–Trinajstić information content (AvgIpc) is 3.05. The molecule has 1 aliphatic rings. The first-order chi connectivity index (χ1) is 8.75. The largest absolute Gasteiger partial charge is 0.376 e. The van der Waals surface area contributed by atoms with Crippen LogP contribution in [0.5, 0.6) is 0 Å². The molecule has 1 aliphatic heterocycles. The highest BCUT2D eigenvalue weighted by molar-refractivity contribution is 7.09. The Morgan fingerprint density at radius 2 is 2.67 bits per heavy atom. The molecule has 0 aromatic carbocycles. The summed E-state index contributed by atoms with van der Waals surface area (Å²) < 4.78 is 5.51. The van der Waals surface area contributed by atoms with Crippen molar-refractivity contribution >= 4 is 17.3 Å². The molecule has 0 saturated carbocycles. The van der Waals surface area contributed by atoms with Crippen molar-refractivity contribution in [3.8, 4) is 0 Å². The van der Waals surface area contributed by atoms with Crippen molar-refractivity contribution in [3.05, 3.63) is 16.6 Å². The van der Waals surface area contributed by atoms with Crippen molar-refractivity contribution in [3.63, 3.8) is 0 Å². The summed E-state index contributed by atoms with van der Waals surface area (Å²) in [5.74, 6) is 0.807. The number of nitrogens with zero attached hydrogens (tertiary/aromatic N) is 2. The number of hydrogen-bond donors (Lipinski definition) is 2. The zero-order chi connectivity index (χ0) is 12.8. The molecular formula is C12H20N4OS. The van der Waals surface area contributed by atoms with Crippen LogP contribution >= 0.6 is 11.3 Å². The molecule has 1 saturated heterocycles. The van der Waals surface area contributed by atoms with E-state index in [1.165, 1.54) is 0 Å². The van der Waals surface area contributed by atoms with Gasteiger partial charge in [-0.05, 0) is 12.8 Å². The fourth-order valence-electron chi connectivity index (χ4n) is 1.87. The lowest BCUT2D eigenvalue weighted by molar-refractivity contribution is 0.114. The van der Waals surface area contributed by atoms with Crippen LogP contribution < -0.4 is 11.1 Å². The first-order valence-electron chi connectivity index (χ1n) is 6.30. The van der Waals surface area contributed by atoms with Gasteiger partial charge in [0.1, 0.15) is 0 Å². The van der Waals surface area contributed by atoms with Crippen LogP contribution in [-0.2, 0) is 4.74 Å². The van der Waals surface area contributed by atoms with Crippen LogP contribution in [0.1, 0.15) is 30.7 Å². The highest BCUT2D eigenvalue weighted by Crippen LogP contribution is 2.17. The van der Waals surface area contributed by atoms with E-state index in [1.54, 1.807) is 11.3 Å². The van der Waals surface area contributed by atoms with Gasteiger partial charge in [-0.25, -0.2) is 4.98 Å². The zero-order valence-electron chi connectivity index (χ0n) is 10.6. The van der Waals surface area contributed by atoms with Gasteiger partial charge in [0.2, 0.25) is 0 Å². The van der Waals surface area contributed by atoms with Crippen LogP contribution in [0, 0.1) is 0 Å². The number of nitrogens with two attached hydrogens (primary N) is 1. The van der Waals surface area contributed by atoms with Gasteiger partial charge < -0.3 is 15.8 Å². The predicted octanol–water partition coefficient (Wildman–Crippen LogP) is 1.33. The molecule has 1 aromatic rings. The van der Waals surface area contributed by atoms with E-state index in [0.717, 1.165) is 31.0 Å². The van der Waals surface area contributed by atoms with Crippen LogP contribution in [0.15, 0.2) is 16.6 Å². The predicted molar refractivity (Wildman–Crippen MR) is 74.0 cm³/mol. The SMILES string of the molecule is CC(CN=C(N)NCC1CCCO1)c1nccs1. The molecule has 0 radical (unpaired) electrons. The van der Waals surface area contributed by atoms with Crippen molar-refractivity contribution in [1.82, 2.24) is 10.3 Å². The third-order valence-electron chi connectivity index (χ3n) is 2.94. The molecule has 2 rings (SSSR count). The molecule has 100 valence electrons.